The van der Waals surface area contributed by atoms with Gasteiger partial charge in [0.2, 0.25) is 0 Å². The topological polar surface area (TPSA) is 32.3 Å². The summed E-state index contributed by atoms with van der Waals surface area (Å²) in [7, 11) is 0. The minimum atomic E-state index is -0.146. The molecule has 2 heteroatoms. The molecule has 1 aliphatic carbocycles. The van der Waals surface area contributed by atoms with Crippen molar-refractivity contribution in [3.8, 4) is 11.8 Å². The Labute approximate surface area is 87.1 Å². The first kappa shape index (κ1) is 11.6. The summed E-state index contributed by atoms with van der Waals surface area (Å²) in [6, 6.07) is 0.302. The van der Waals surface area contributed by atoms with Crippen molar-refractivity contribution in [2.75, 3.05) is 6.54 Å². The Kier molecular flexibility index (Phi) is 5.66. The number of hydrogen-bond acceptors (Lipinski definition) is 2. The zero-order chi connectivity index (χ0) is 10.2. The van der Waals surface area contributed by atoms with E-state index in [0.717, 1.165) is 25.8 Å². The van der Waals surface area contributed by atoms with Crippen LogP contribution in [0.5, 0.6) is 0 Å². The summed E-state index contributed by atoms with van der Waals surface area (Å²) in [5.74, 6) is 5.90. The van der Waals surface area contributed by atoms with E-state index >= 15 is 0 Å². The zero-order valence-corrected chi connectivity index (χ0v) is 9.05. The molecule has 0 aromatic heterocycles. The van der Waals surface area contributed by atoms with Crippen molar-refractivity contribution in [2.24, 2.45) is 0 Å². The maximum absolute atomic E-state index is 9.81. The summed E-state index contributed by atoms with van der Waals surface area (Å²) in [5, 5.41) is 13.2. The smallest absolute Gasteiger partial charge is 0.0693 e. The van der Waals surface area contributed by atoms with Crippen LogP contribution in [0.15, 0.2) is 0 Å². The third-order valence-electron chi connectivity index (χ3n) is 2.81. The van der Waals surface area contributed by atoms with Crippen LogP contribution >= 0.6 is 0 Å². The number of aliphatic hydroxyl groups is 1. The van der Waals surface area contributed by atoms with Crippen LogP contribution in [0.2, 0.25) is 0 Å². The van der Waals surface area contributed by atoms with E-state index in [-0.39, 0.29) is 6.10 Å². The van der Waals surface area contributed by atoms with Crippen molar-refractivity contribution in [1.29, 1.82) is 0 Å². The molecular formula is C12H21NO. The molecule has 0 radical (unpaired) electrons. The number of rotatable bonds is 3. The normalized spacial score (nSPS) is 27.6. The van der Waals surface area contributed by atoms with E-state index in [2.05, 4.69) is 17.2 Å². The maximum atomic E-state index is 9.81. The Hall–Kier alpha value is -0.520. The predicted octanol–water partition coefficient (Wildman–Crippen LogP) is 1.68. The van der Waals surface area contributed by atoms with Crippen LogP contribution in [0.1, 0.15) is 45.4 Å². The van der Waals surface area contributed by atoms with Crippen LogP contribution in [0.3, 0.4) is 0 Å². The first-order valence-corrected chi connectivity index (χ1v) is 5.65. The largest absolute Gasteiger partial charge is 0.392 e. The Morgan fingerprint density at radius 1 is 1.29 bits per heavy atom. The van der Waals surface area contributed by atoms with Gasteiger partial charge in [-0.05, 0) is 19.8 Å². The molecule has 0 amide bonds. The highest BCUT2D eigenvalue weighted by atomic mass is 16.3. The molecule has 0 aromatic carbocycles. The van der Waals surface area contributed by atoms with E-state index in [1.807, 2.05) is 6.92 Å². The summed E-state index contributed by atoms with van der Waals surface area (Å²) in [4.78, 5) is 0. The average molecular weight is 195 g/mol. The summed E-state index contributed by atoms with van der Waals surface area (Å²) >= 11 is 0. The molecule has 0 saturated heterocycles. The van der Waals surface area contributed by atoms with Gasteiger partial charge in [0.1, 0.15) is 0 Å². The lowest BCUT2D eigenvalue weighted by atomic mass is 10.1. The summed E-state index contributed by atoms with van der Waals surface area (Å²) in [6.07, 6.45) is 6.50. The van der Waals surface area contributed by atoms with Gasteiger partial charge in [0, 0.05) is 19.0 Å². The van der Waals surface area contributed by atoms with E-state index in [1.54, 1.807) is 0 Å². The van der Waals surface area contributed by atoms with Gasteiger partial charge < -0.3 is 10.4 Å². The van der Waals surface area contributed by atoms with E-state index in [1.165, 1.54) is 19.3 Å². The minimum Gasteiger partial charge on any atom is -0.392 e. The quantitative estimate of drug-likeness (QED) is 0.408. The molecule has 0 spiro atoms. The van der Waals surface area contributed by atoms with Gasteiger partial charge in [-0.15, -0.1) is 11.8 Å². The molecule has 14 heavy (non-hydrogen) atoms. The molecule has 80 valence electrons. The molecule has 0 aliphatic heterocycles. The molecule has 1 aliphatic rings. The minimum absolute atomic E-state index is 0.146. The number of nitrogens with one attached hydrogen (secondary N) is 1. The van der Waals surface area contributed by atoms with Gasteiger partial charge in [-0.25, -0.2) is 0 Å². The highest BCUT2D eigenvalue weighted by Crippen LogP contribution is 2.17. The van der Waals surface area contributed by atoms with Crippen LogP contribution in [0.4, 0.5) is 0 Å². The van der Waals surface area contributed by atoms with Crippen LogP contribution in [0.25, 0.3) is 0 Å². The highest BCUT2D eigenvalue weighted by Gasteiger charge is 2.20. The van der Waals surface area contributed by atoms with E-state index in [0.29, 0.717) is 6.04 Å². The van der Waals surface area contributed by atoms with Crippen LogP contribution < -0.4 is 5.32 Å². The number of hydrogen-bond donors (Lipinski definition) is 2. The summed E-state index contributed by atoms with van der Waals surface area (Å²) in [6.45, 7) is 2.77. The Bertz CT molecular complexity index is 204. The van der Waals surface area contributed by atoms with Gasteiger partial charge in [0.15, 0.2) is 0 Å². The van der Waals surface area contributed by atoms with Crippen molar-refractivity contribution >= 4 is 0 Å². The van der Waals surface area contributed by atoms with Gasteiger partial charge in [-0.2, -0.15) is 0 Å². The summed E-state index contributed by atoms with van der Waals surface area (Å²) in [5.41, 5.74) is 0. The average Bonchev–Trinajstić information content (AvgIpc) is 2.39. The standard InChI is InChI=1S/C12H21NO/c1-2-3-7-10-13-11-8-5-4-6-9-12(11)14/h11-14H,4-10H2,1H3. The fourth-order valence-electron chi connectivity index (χ4n) is 1.97. The van der Waals surface area contributed by atoms with Crippen molar-refractivity contribution in [3.05, 3.63) is 0 Å². The van der Waals surface area contributed by atoms with Gasteiger partial charge in [-0.3, -0.25) is 0 Å². The van der Waals surface area contributed by atoms with Gasteiger partial charge in [0.05, 0.1) is 6.10 Å². The molecule has 2 N–H and O–H groups in total. The molecule has 0 aromatic rings. The van der Waals surface area contributed by atoms with Crippen LogP contribution in [-0.4, -0.2) is 23.8 Å². The molecule has 2 nitrogen and oxygen atoms in total. The third-order valence-corrected chi connectivity index (χ3v) is 2.81. The first-order valence-electron chi connectivity index (χ1n) is 5.65. The predicted molar refractivity (Wildman–Crippen MR) is 58.9 cm³/mol. The zero-order valence-electron chi connectivity index (χ0n) is 9.05. The second-order valence-electron chi connectivity index (χ2n) is 3.94. The van der Waals surface area contributed by atoms with Crippen molar-refractivity contribution < 1.29 is 5.11 Å². The second kappa shape index (κ2) is 6.86. The fourth-order valence-corrected chi connectivity index (χ4v) is 1.97. The van der Waals surface area contributed by atoms with Gasteiger partial charge in [0.25, 0.3) is 0 Å². The molecule has 0 heterocycles. The molecular weight excluding hydrogens is 174 g/mol. The van der Waals surface area contributed by atoms with Crippen molar-refractivity contribution in [3.63, 3.8) is 0 Å². The second-order valence-corrected chi connectivity index (χ2v) is 3.94. The van der Waals surface area contributed by atoms with Gasteiger partial charge in [-0.1, -0.05) is 19.3 Å². The number of aliphatic hydroxyl groups excluding tert-OH is 1. The Morgan fingerprint density at radius 2 is 2.07 bits per heavy atom. The van der Waals surface area contributed by atoms with Crippen LogP contribution in [-0.2, 0) is 0 Å². The van der Waals surface area contributed by atoms with Crippen molar-refractivity contribution in [2.45, 2.75) is 57.6 Å². The maximum Gasteiger partial charge on any atom is 0.0693 e. The first-order chi connectivity index (χ1) is 6.84. The molecule has 1 saturated carbocycles. The Balaban J connectivity index is 2.21. The molecule has 0 bridgehead atoms. The Morgan fingerprint density at radius 3 is 2.86 bits per heavy atom. The third kappa shape index (κ3) is 4.13. The highest BCUT2D eigenvalue weighted by molar-refractivity contribution is 4.95. The SMILES string of the molecule is CC#CCCNC1CCCCCC1O. The fraction of sp³-hybridized carbons (Fsp3) is 0.833. The lowest BCUT2D eigenvalue weighted by Crippen LogP contribution is -2.39. The van der Waals surface area contributed by atoms with E-state index in [4.69, 9.17) is 0 Å². The van der Waals surface area contributed by atoms with Gasteiger partial charge >= 0.3 is 0 Å². The summed E-state index contributed by atoms with van der Waals surface area (Å²) < 4.78 is 0. The lowest BCUT2D eigenvalue weighted by molar-refractivity contribution is 0.120. The molecule has 2 unspecified atom stereocenters. The monoisotopic (exact) mass is 195 g/mol. The van der Waals surface area contributed by atoms with E-state index < -0.39 is 0 Å². The molecule has 1 rings (SSSR count). The lowest BCUT2D eigenvalue weighted by Gasteiger charge is -2.21. The molecule has 2 atom stereocenters. The van der Waals surface area contributed by atoms with E-state index in [9.17, 15) is 5.11 Å². The molecule has 1 fully saturated rings. The van der Waals surface area contributed by atoms with Crippen molar-refractivity contribution in [1.82, 2.24) is 5.32 Å². The van der Waals surface area contributed by atoms with Crippen LogP contribution in [0, 0.1) is 11.8 Å².